The van der Waals surface area contributed by atoms with E-state index in [1.54, 1.807) is 13.0 Å². The number of ether oxygens (including phenoxy) is 1. The largest absolute Gasteiger partial charge is 0.457 e. The van der Waals surface area contributed by atoms with Crippen LogP contribution in [0.25, 0.3) is 11.1 Å². The summed E-state index contributed by atoms with van der Waals surface area (Å²) in [4.78, 5) is 23.7. The van der Waals surface area contributed by atoms with Crippen molar-refractivity contribution in [3.8, 4) is 11.1 Å². The van der Waals surface area contributed by atoms with Crippen molar-refractivity contribution in [2.75, 3.05) is 6.54 Å². The van der Waals surface area contributed by atoms with Crippen molar-refractivity contribution >= 4 is 11.9 Å². The fourth-order valence-electron chi connectivity index (χ4n) is 1.90. The number of carbonyl (C=O) groups excluding carboxylic acids is 2. The molecule has 1 unspecified atom stereocenters. The van der Waals surface area contributed by atoms with Gasteiger partial charge in [0.25, 0.3) is 5.91 Å². The number of carbonyl (C=O) groups is 2. The van der Waals surface area contributed by atoms with E-state index in [1.165, 1.54) is 13.2 Å². The molecule has 1 heterocycles. The number of benzene rings is 1. The number of rotatable bonds is 5. The Labute approximate surface area is 122 Å². The lowest BCUT2D eigenvalue weighted by Gasteiger charge is -2.12. The standard InChI is InChI=1S/C16H17NO4/c1-3-17-15(18)11(2)21-16(19)14-13(9-10-20-14)12-7-5-4-6-8-12/h4-11H,3H2,1-2H3,(H,17,18). The van der Waals surface area contributed by atoms with Crippen LogP contribution in [-0.2, 0) is 9.53 Å². The number of likely N-dealkylation sites (N-methyl/N-ethyl adjacent to an activating group) is 1. The van der Waals surface area contributed by atoms with Crippen molar-refractivity contribution in [3.63, 3.8) is 0 Å². The van der Waals surface area contributed by atoms with Gasteiger partial charge in [-0.25, -0.2) is 4.79 Å². The molecule has 5 heteroatoms. The van der Waals surface area contributed by atoms with E-state index in [9.17, 15) is 9.59 Å². The van der Waals surface area contributed by atoms with Crippen molar-refractivity contribution < 1.29 is 18.7 Å². The lowest BCUT2D eigenvalue weighted by atomic mass is 10.1. The maximum Gasteiger partial charge on any atom is 0.375 e. The van der Waals surface area contributed by atoms with Gasteiger partial charge < -0.3 is 14.5 Å². The zero-order valence-electron chi connectivity index (χ0n) is 12.0. The van der Waals surface area contributed by atoms with E-state index in [0.717, 1.165) is 5.56 Å². The van der Waals surface area contributed by atoms with Crippen LogP contribution in [-0.4, -0.2) is 24.5 Å². The Balaban J connectivity index is 2.14. The maximum atomic E-state index is 12.1. The molecule has 0 bridgehead atoms. The number of hydrogen-bond acceptors (Lipinski definition) is 4. The van der Waals surface area contributed by atoms with E-state index in [-0.39, 0.29) is 11.7 Å². The third kappa shape index (κ3) is 3.51. The highest BCUT2D eigenvalue weighted by molar-refractivity contribution is 5.96. The molecule has 0 aliphatic heterocycles. The van der Waals surface area contributed by atoms with Gasteiger partial charge in [-0.2, -0.15) is 0 Å². The Hall–Kier alpha value is -2.56. The van der Waals surface area contributed by atoms with Crippen LogP contribution < -0.4 is 5.32 Å². The van der Waals surface area contributed by atoms with Gasteiger partial charge >= 0.3 is 5.97 Å². The number of nitrogens with one attached hydrogen (secondary N) is 1. The highest BCUT2D eigenvalue weighted by Crippen LogP contribution is 2.25. The molecular weight excluding hydrogens is 270 g/mol. The summed E-state index contributed by atoms with van der Waals surface area (Å²) in [6, 6.07) is 11.1. The molecule has 2 aromatic rings. The molecule has 1 atom stereocenters. The van der Waals surface area contributed by atoms with Crippen molar-refractivity contribution in [2.45, 2.75) is 20.0 Å². The lowest BCUT2D eigenvalue weighted by molar-refractivity contribution is -0.129. The molecule has 0 aliphatic carbocycles. The van der Waals surface area contributed by atoms with E-state index in [4.69, 9.17) is 9.15 Å². The SMILES string of the molecule is CCNC(=O)C(C)OC(=O)c1occc1-c1ccccc1. The molecule has 0 radical (unpaired) electrons. The van der Waals surface area contributed by atoms with Gasteiger partial charge in [-0.05, 0) is 25.5 Å². The average Bonchev–Trinajstić information content (AvgIpc) is 2.98. The van der Waals surface area contributed by atoms with E-state index in [1.807, 2.05) is 30.3 Å². The van der Waals surface area contributed by atoms with Gasteiger partial charge in [0.15, 0.2) is 6.10 Å². The molecule has 110 valence electrons. The first kappa shape index (κ1) is 14.8. The molecule has 5 nitrogen and oxygen atoms in total. The molecule has 0 spiro atoms. The second kappa shape index (κ2) is 6.74. The average molecular weight is 287 g/mol. The number of esters is 1. The number of furan rings is 1. The van der Waals surface area contributed by atoms with Crippen molar-refractivity contribution in [1.29, 1.82) is 0 Å². The van der Waals surface area contributed by atoms with Crippen LogP contribution in [0.15, 0.2) is 47.1 Å². The summed E-state index contributed by atoms with van der Waals surface area (Å²) in [5.41, 5.74) is 1.49. The first-order valence-electron chi connectivity index (χ1n) is 6.75. The molecule has 0 fully saturated rings. The summed E-state index contributed by atoms with van der Waals surface area (Å²) in [5, 5.41) is 2.60. The molecule has 1 aromatic heterocycles. The second-order valence-electron chi connectivity index (χ2n) is 4.47. The van der Waals surface area contributed by atoms with E-state index >= 15 is 0 Å². The summed E-state index contributed by atoms with van der Waals surface area (Å²) in [7, 11) is 0. The third-order valence-corrected chi connectivity index (χ3v) is 2.94. The van der Waals surface area contributed by atoms with E-state index < -0.39 is 12.1 Å². The molecule has 2 rings (SSSR count). The van der Waals surface area contributed by atoms with Crippen LogP contribution in [0.2, 0.25) is 0 Å². The third-order valence-electron chi connectivity index (χ3n) is 2.94. The Bertz CT molecular complexity index is 618. The van der Waals surface area contributed by atoms with Crippen LogP contribution in [0.5, 0.6) is 0 Å². The van der Waals surface area contributed by atoms with Crippen LogP contribution in [0.4, 0.5) is 0 Å². The minimum absolute atomic E-state index is 0.0948. The van der Waals surface area contributed by atoms with Crippen LogP contribution >= 0.6 is 0 Å². The Morgan fingerprint density at radius 2 is 1.95 bits per heavy atom. The predicted octanol–water partition coefficient (Wildman–Crippen LogP) is 2.63. The topological polar surface area (TPSA) is 68.5 Å². The molecule has 0 saturated heterocycles. The molecular formula is C16H17NO4. The smallest absolute Gasteiger partial charge is 0.375 e. The summed E-state index contributed by atoms with van der Waals surface area (Å²) in [6.07, 6.45) is 0.557. The fourth-order valence-corrected chi connectivity index (χ4v) is 1.90. The van der Waals surface area contributed by atoms with Gasteiger partial charge in [-0.15, -0.1) is 0 Å². The Kier molecular flexibility index (Phi) is 4.77. The van der Waals surface area contributed by atoms with Crippen molar-refractivity contribution in [1.82, 2.24) is 5.32 Å². The van der Waals surface area contributed by atoms with Gasteiger partial charge in [-0.1, -0.05) is 30.3 Å². The van der Waals surface area contributed by atoms with Gasteiger partial charge in [0.05, 0.1) is 6.26 Å². The van der Waals surface area contributed by atoms with E-state index in [0.29, 0.717) is 12.1 Å². The summed E-state index contributed by atoms with van der Waals surface area (Å²) >= 11 is 0. The number of amides is 1. The first-order valence-corrected chi connectivity index (χ1v) is 6.75. The maximum absolute atomic E-state index is 12.1. The van der Waals surface area contributed by atoms with Gasteiger partial charge in [0, 0.05) is 12.1 Å². The molecule has 0 saturated carbocycles. The van der Waals surface area contributed by atoms with Gasteiger partial charge in [0.1, 0.15) is 0 Å². The quantitative estimate of drug-likeness (QED) is 0.858. The minimum Gasteiger partial charge on any atom is -0.457 e. The van der Waals surface area contributed by atoms with Crippen molar-refractivity contribution in [2.24, 2.45) is 0 Å². The first-order chi connectivity index (χ1) is 10.1. The highest BCUT2D eigenvalue weighted by Gasteiger charge is 2.23. The predicted molar refractivity (Wildman–Crippen MR) is 77.7 cm³/mol. The second-order valence-corrected chi connectivity index (χ2v) is 4.47. The molecule has 1 N–H and O–H groups in total. The molecule has 21 heavy (non-hydrogen) atoms. The summed E-state index contributed by atoms with van der Waals surface area (Å²) in [6.45, 7) is 3.80. The zero-order valence-corrected chi connectivity index (χ0v) is 12.0. The zero-order chi connectivity index (χ0) is 15.2. The molecule has 0 aliphatic rings. The van der Waals surface area contributed by atoms with Crippen molar-refractivity contribution in [3.05, 3.63) is 48.4 Å². The fraction of sp³-hybridized carbons (Fsp3) is 0.250. The van der Waals surface area contributed by atoms with Crippen LogP contribution in [0.3, 0.4) is 0 Å². The number of hydrogen-bond donors (Lipinski definition) is 1. The molecule has 1 aromatic carbocycles. The normalized spacial score (nSPS) is 11.7. The van der Waals surface area contributed by atoms with Crippen LogP contribution in [0, 0.1) is 0 Å². The summed E-state index contributed by atoms with van der Waals surface area (Å²) < 4.78 is 10.3. The Morgan fingerprint density at radius 3 is 2.62 bits per heavy atom. The minimum atomic E-state index is -0.869. The van der Waals surface area contributed by atoms with E-state index in [2.05, 4.69) is 5.32 Å². The monoisotopic (exact) mass is 287 g/mol. The van der Waals surface area contributed by atoms with Gasteiger partial charge in [0.2, 0.25) is 5.76 Å². The summed E-state index contributed by atoms with van der Waals surface area (Å²) in [5.74, 6) is -0.895. The van der Waals surface area contributed by atoms with Crippen LogP contribution in [0.1, 0.15) is 24.4 Å². The molecule has 1 amide bonds. The lowest BCUT2D eigenvalue weighted by Crippen LogP contribution is -2.35. The van der Waals surface area contributed by atoms with Gasteiger partial charge in [-0.3, -0.25) is 4.79 Å². The Morgan fingerprint density at radius 1 is 1.24 bits per heavy atom. The highest BCUT2D eigenvalue weighted by atomic mass is 16.6.